The van der Waals surface area contributed by atoms with E-state index in [1.165, 1.54) is 0 Å². The first kappa shape index (κ1) is 11.1. The summed E-state index contributed by atoms with van der Waals surface area (Å²) in [4.78, 5) is 19.4. The van der Waals surface area contributed by atoms with Gasteiger partial charge < -0.3 is 11.1 Å². The van der Waals surface area contributed by atoms with Gasteiger partial charge in [0.15, 0.2) is 0 Å². The summed E-state index contributed by atoms with van der Waals surface area (Å²) >= 11 is 0. The van der Waals surface area contributed by atoms with Crippen LogP contribution < -0.4 is 11.1 Å². The van der Waals surface area contributed by atoms with Crippen LogP contribution in [0.1, 0.15) is 21.9 Å². The van der Waals surface area contributed by atoms with Gasteiger partial charge in [0.2, 0.25) is 11.8 Å². The summed E-state index contributed by atoms with van der Waals surface area (Å²) in [6.07, 6.45) is 1.71. The number of carbonyl (C=O) groups is 1. The molecule has 2 rings (SSSR count). The lowest BCUT2D eigenvalue weighted by molar-refractivity contribution is 0.0941. The number of hydrogen-bond acceptors (Lipinski definition) is 5. The normalized spacial score (nSPS) is 10.2. The van der Waals surface area contributed by atoms with Crippen molar-refractivity contribution in [2.24, 2.45) is 0 Å². The van der Waals surface area contributed by atoms with Gasteiger partial charge >= 0.3 is 0 Å². The SMILES string of the molecule is Cc1ccc(CNC(=O)c2nc(N)n[nH]2)cn1. The molecule has 2 heterocycles. The van der Waals surface area contributed by atoms with Gasteiger partial charge in [0.05, 0.1) is 0 Å². The topological polar surface area (TPSA) is 110 Å². The number of H-pyrrole nitrogens is 1. The number of hydrogen-bond donors (Lipinski definition) is 3. The summed E-state index contributed by atoms with van der Waals surface area (Å²) in [6, 6.07) is 3.78. The van der Waals surface area contributed by atoms with E-state index in [2.05, 4.69) is 25.5 Å². The molecule has 0 bridgehead atoms. The fraction of sp³-hybridized carbons (Fsp3) is 0.200. The Balaban J connectivity index is 1.94. The largest absolute Gasteiger partial charge is 0.366 e. The number of pyridine rings is 1. The Morgan fingerprint density at radius 1 is 1.53 bits per heavy atom. The fourth-order valence-corrected chi connectivity index (χ4v) is 1.25. The first-order valence-corrected chi connectivity index (χ1v) is 5.03. The Labute approximate surface area is 97.5 Å². The molecule has 88 valence electrons. The number of amides is 1. The third kappa shape index (κ3) is 2.77. The second-order valence-electron chi connectivity index (χ2n) is 3.53. The summed E-state index contributed by atoms with van der Waals surface area (Å²) in [7, 11) is 0. The third-order valence-corrected chi connectivity index (χ3v) is 2.14. The maximum absolute atomic E-state index is 11.6. The number of nitrogens with zero attached hydrogens (tertiary/aromatic N) is 3. The van der Waals surface area contributed by atoms with E-state index in [4.69, 9.17) is 5.73 Å². The number of aromatic amines is 1. The molecule has 1 amide bonds. The second-order valence-corrected chi connectivity index (χ2v) is 3.53. The number of aromatic nitrogens is 4. The van der Waals surface area contributed by atoms with E-state index in [-0.39, 0.29) is 17.7 Å². The highest BCUT2D eigenvalue weighted by Gasteiger charge is 2.09. The van der Waals surface area contributed by atoms with Crippen LogP contribution in [-0.4, -0.2) is 26.1 Å². The van der Waals surface area contributed by atoms with E-state index in [9.17, 15) is 4.79 Å². The molecule has 7 nitrogen and oxygen atoms in total. The zero-order chi connectivity index (χ0) is 12.3. The molecule has 0 fully saturated rings. The predicted molar refractivity (Wildman–Crippen MR) is 60.9 cm³/mol. The van der Waals surface area contributed by atoms with Crippen LogP contribution in [-0.2, 0) is 6.54 Å². The number of nitrogen functional groups attached to an aromatic ring is 1. The van der Waals surface area contributed by atoms with Gasteiger partial charge in [0, 0.05) is 18.4 Å². The Morgan fingerprint density at radius 2 is 2.35 bits per heavy atom. The van der Waals surface area contributed by atoms with Crippen LogP contribution in [0, 0.1) is 6.92 Å². The monoisotopic (exact) mass is 232 g/mol. The molecule has 2 aromatic heterocycles. The summed E-state index contributed by atoms with van der Waals surface area (Å²) in [5.74, 6) is -0.204. The number of anilines is 1. The first-order valence-electron chi connectivity index (χ1n) is 5.03. The molecule has 0 saturated carbocycles. The van der Waals surface area contributed by atoms with E-state index < -0.39 is 0 Å². The van der Waals surface area contributed by atoms with Crippen LogP contribution in [0.4, 0.5) is 5.95 Å². The van der Waals surface area contributed by atoms with Gasteiger partial charge in [0.1, 0.15) is 0 Å². The number of carbonyl (C=O) groups excluding carboxylic acids is 1. The molecule has 4 N–H and O–H groups in total. The van der Waals surface area contributed by atoms with E-state index in [0.29, 0.717) is 6.54 Å². The van der Waals surface area contributed by atoms with Crippen molar-refractivity contribution in [3.63, 3.8) is 0 Å². The van der Waals surface area contributed by atoms with Crippen LogP contribution >= 0.6 is 0 Å². The number of nitrogens with one attached hydrogen (secondary N) is 2. The minimum atomic E-state index is -0.352. The maximum Gasteiger partial charge on any atom is 0.288 e. The van der Waals surface area contributed by atoms with Crippen LogP contribution in [0.2, 0.25) is 0 Å². The standard InChI is InChI=1S/C10H12N6O/c1-6-2-3-7(4-12-6)5-13-9(17)8-14-10(11)16-15-8/h2-4H,5H2,1H3,(H,13,17)(H3,11,14,15,16). The second kappa shape index (κ2) is 4.60. The van der Waals surface area contributed by atoms with E-state index in [1.807, 2.05) is 19.1 Å². The van der Waals surface area contributed by atoms with Gasteiger partial charge in [-0.05, 0) is 18.6 Å². The minimum Gasteiger partial charge on any atom is -0.366 e. The van der Waals surface area contributed by atoms with Crippen molar-refractivity contribution in [2.75, 3.05) is 5.73 Å². The fourth-order valence-electron chi connectivity index (χ4n) is 1.25. The Hall–Kier alpha value is -2.44. The van der Waals surface area contributed by atoms with Crippen molar-refractivity contribution in [1.82, 2.24) is 25.5 Å². The maximum atomic E-state index is 11.6. The lowest BCUT2D eigenvalue weighted by Gasteiger charge is -2.02. The van der Waals surface area contributed by atoms with E-state index in [0.717, 1.165) is 11.3 Å². The molecule has 0 spiro atoms. The quantitative estimate of drug-likeness (QED) is 0.691. The zero-order valence-electron chi connectivity index (χ0n) is 9.27. The van der Waals surface area contributed by atoms with Gasteiger partial charge in [-0.1, -0.05) is 6.07 Å². The molecule has 0 aliphatic carbocycles. The van der Waals surface area contributed by atoms with Crippen LogP contribution in [0.25, 0.3) is 0 Å². The van der Waals surface area contributed by atoms with E-state index >= 15 is 0 Å². The van der Waals surface area contributed by atoms with Crippen molar-refractivity contribution in [2.45, 2.75) is 13.5 Å². The van der Waals surface area contributed by atoms with Gasteiger partial charge in [0.25, 0.3) is 5.91 Å². The van der Waals surface area contributed by atoms with Crippen LogP contribution in [0.15, 0.2) is 18.3 Å². The molecule has 0 aromatic carbocycles. The molecule has 0 saturated heterocycles. The summed E-state index contributed by atoms with van der Waals surface area (Å²) < 4.78 is 0. The molecular weight excluding hydrogens is 220 g/mol. The summed E-state index contributed by atoms with van der Waals surface area (Å²) in [5.41, 5.74) is 7.14. The zero-order valence-corrected chi connectivity index (χ0v) is 9.27. The lowest BCUT2D eigenvalue weighted by atomic mass is 10.2. The van der Waals surface area contributed by atoms with Crippen molar-refractivity contribution < 1.29 is 4.79 Å². The smallest absolute Gasteiger partial charge is 0.288 e. The average Bonchev–Trinajstić information content (AvgIpc) is 2.75. The minimum absolute atomic E-state index is 0.0483. The highest BCUT2D eigenvalue weighted by Crippen LogP contribution is 1.99. The average molecular weight is 232 g/mol. The lowest BCUT2D eigenvalue weighted by Crippen LogP contribution is -2.24. The Kier molecular flexibility index (Phi) is 2.99. The summed E-state index contributed by atoms with van der Waals surface area (Å²) in [6.45, 7) is 2.28. The molecule has 17 heavy (non-hydrogen) atoms. The highest BCUT2D eigenvalue weighted by molar-refractivity contribution is 5.90. The summed E-state index contributed by atoms with van der Waals surface area (Å²) in [5, 5.41) is 8.69. The van der Waals surface area contributed by atoms with Gasteiger partial charge in [-0.2, -0.15) is 4.98 Å². The van der Waals surface area contributed by atoms with Crippen LogP contribution in [0.5, 0.6) is 0 Å². The highest BCUT2D eigenvalue weighted by atomic mass is 16.2. The molecule has 2 aromatic rings. The van der Waals surface area contributed by atoms with E-state index in [1.54, 1.807) is 6.20 Å². The molecular formula is C10H12N6O. The molecule has 7 heteroatoms. The van der Waals surface area contributed by atoms with Gasteiger partial charge in [-0.25, -0.2) is 0 Å². The van der Waals surface area contributed by atoms with Crippen molar-refractivity contribution in [3.8, 4) is 0 Å². The van der Waals surface area contributed by atoms with Crippen molar-refractivity contribution in [1.29, 1.82) is 0 Å². The number of nitrogens with two attached hydrogens (primary N) is 1. The van der Waals surface area contributed by atoms with Gasteiger partial charge in [-0.15, -0.1) is 5.10 Å². The van der Waals surface area contributed by atoms with Gasteiger partial charge in [-0.3, -0.25) is 14.9 Å². The molecule has 0 atom stereocenters. The molecule has 0 unspecified atom stereocenters. The van der Waals surface area contributed by atoms with Crippen molar-refractivity contribution in [3.05, 3.63) is 35.4 Å². The molecule has 0 radical (unpaired) electrons. The number of rotatable bonds is 3. The first-order chi connectivity index (χ1) is 8.15. The predicted octanol–water partition coefficient (Wildman–Crippen LogP) is 0.0203. The third-order valence-electron chi connectivity index (χ3n) is 2.14. The Morgan fingerprint density at radius 3 is 2.94 bits per heavy atom. The Bertz CT molecular complexity index is 518. The van der Waals surface area contributed by atoms with Crippen LogP contribution in [0.3, 0.4) is 0 Å². The number of aryl methyl sites for hydroxylation is 1. The molecule has 0 aliphatic heterocycles. The molecule has 0 aliphatic rings. The van der Waals surface area contributed by atoms with Crippen molar-refractivity contribution >= 4 is 11.9 Å².